The molecule has 0 aliphatic carbocycles. The minimum absolute atomic E-state index is 0.0825. The molecule has 2 aromatic carbocycles. The Morgan fingerprint density at radius 1 is 1.04 bits per heavy atom. The molecule has 3 heterocycles. The van der Waals surface area contributed by atoms with Crippen LogP contribution in [0.2, 0.25) is 0 Å². The number of likely N-dealkylation sites (tertiary alicyclic amines) is 1. The van der Waals surface area contributed by atoms with Gasteiger partial charge in [-0.25, -0.2) is 4.68 Å². The summed E-state index contributed by atoms with van der Waals surface area (Å²) in [6.45, 7) is 1.21. The molecular weight excluding hydrogens is 328 g/mol. The molecule has 0 spiro atoms. The summed E-state index contributed by atoms with van der Waals surface area (Å²) in [5, 5.41) is 9.40. The number of aromatic nitrogens is 3. The Kier molecular flexibility index (Phi) is 3.35. The lowest BCUT2D eigenvalue weighted by atomic mass is 10.1. The van der Waals surface area contributed by atoms with Crippen LogP contribution < -0.4 is 0 Å². The molecule has 6 heteroatoms. The van der Waals surface area contributed by atoms with Crippen molar-refractivity contribution < 1.29 is 9.21 Å². The summed E-state index contributed by atoms with van der Waals surface area (Å²) in [6, 6.07) is 19.5. The van der Waals surface area contributed by atoms with Gasteiger partial charge in [-0.2, -0.15) is 0 Å². The molecule has 1 saturated heterocycles. The van der Waals surface area contributed by atoms with Crippen LogP contribution in [-0.2, 0) is 0 Å². The number of carbonyl (C=O) groups is 1. The Bertz CT molecular complexity index is 1040. The van der Waals surface area contributed by atoms with E-state index in [2.05, 4.69) is 10.3 Å². The van der Waals surface area contributed by atoms with Crippen molar-refractivity contribution in [3.05, 3.63) is 72.6 Å². The molecule has 1 aliphatic heterocycles. The summed E-state index contributed by atoms with van der Waals surface area (Å²) < 4.78 is 7.50. The molecule has 1 amide bonds. The number of fused-ring (bicyclic) bond motifs is 1. The standard InChI is InChI=1S/C20H16N4O2/c25-20(19-10-15-8-4-5-9-18(15)26-19)23-11-16(12-23)24-13-17(21-22-24)14-6-2-1-3-7-14/h1-10,13,16H,11-12H2. The number of para-hydroxylation sites is 1. The van der Waals surface area contributed by atoms with E-state index in [4.69, 9.17) is 4.42 Å². The van der Waals surface area contributed by atoms with Crippen molar-refractivity contribution in [3.8, 4) is 11.3 Å². The quantitative estimate of drug-likeness (QED) is 0.571. The van der Waals surface area contributed by atoms with Crippen LogP contribution in [0.3, 0.4) is 0 Å². The number of rotatable bonds is 3. The summed E-state index contributed by atoms with van der Waals surface area (Å²) >= 11 is 0. The summed E-state index contributed by atoms with van der Waals surface area (Å²) in [5.74, 6) is 0.300. The van der Waals surface area contributed by atoms with Gasteiger partial charge in [0.15, 0.2) is 5.76 Å². The third-order valence-electron chi connectivity index (χ3n) is 4.74. The summed E-state index contributed by atoms with van der Waals surface area (Å²) in [5.41, 5.74) is 2.61. The molecule has 0 bridgehead atoms. The van der Waals surface area contributed by atoms with E-state index in [0.29, 0.717) is 18.8 Å². The first-order valence-electron chi connectivity index (χ1n) is 8.53. The van der Waals surface area contributed by atoms with E-state index < -0.39 is 0 Å². The van der Waals surface area contributed by atoms with E-state index in [1.165, 1.54) is 0 Å². The normalized spacial score (nSPS) is 14.5. The number of nitrogens with zero attached hydrogens (tertiary/aromatic N) is 4. The van der Waals surface area contributed by atoms with Gasteiger partial charge in [0, 0.05) is 24.0 Å². The van der Waals surface area contributed by atoms with Gasteiger partial charge < -0.3 is 9.32 Å². The SMILES string of the molecule is O=C(c1cc2ccccc2o1)N1CC(n2cc(-c3ccccc3)nn2)C1. The first-order valence-corrected chi connectivity index (χ1v) is 8.53. The lowest BCUT2D eigenvalue weighted by Crippen LogP contribution is -2.50. The third kappa shape index (κ3) is 2.47. The smallest absolute Gasteiger partial charge is 0.289 e. The van der Waals surface area contributed by atoms with Crippen LogP contribution >= 0.6 is 0 Å². The number of benzene rings is 2. The Morgan fingerprint density at radius 3 is 2.62 bits per heavy atom. The second kappa shape index (κ2) is 5.84. The molecule has 6 nitrogen and oxygen atoms in total. The van der Waals surface area contributed by atoms with Gasteiger partial charge in [-0.05, 0) is 12.1 Å². The minimum Gasteiger partial charge on any atom is -0.451 e. The lowest BCUT2D eigenvalue weighted by Gasteiger charge is -2.38. The predicted molar refractivity (Wildman–Crippen MR) is 96.6 cm³/mol. The van der Waals surface area contributed by atoms with Gasteiger partial charge in [0.05, 0.1) is 12.2 Å². The minimum atomic E-state index is -0.0825. The molecule has 0 saturated carbocycles. The van der Waals surface area contributed by atoms with Gasteiger partial charge in [0.1, 0.15) is 11.3 Å². The summed E-state index contributed by atoms with van der Waals surface area (Å²) in [7, 11) is 0. The van der Waals surface area contributed by atoms with E-state index >= 15 is 0 Å². The maximum absolute atomic E-state index is 12.6. The zero-order valence-corrected chi connectivity index (χ0v) is 13.9. The Labute approximate surface area is 149 Å². The highest BCUT2D eigenvalue weighted by atomic mass is 16.3. The fourth-order valence-corrected chi connectivity index (χ4v) is 3.23. The van der Waals surface area contributed by atoms with Gasteiger partial charge in [0.2, 0.25) is 0 Å². The van der Waals surface area contributed by atoms with Crippen LogP contribution in [-0.4, -0.2) is 38.9 Å². The van der Waals surface area contributed by atoms with Crippen LogP contribution in [0.4, 0.5) is 0 Å². The van der Waals surface area contributed by atoms with Crippen molar-refractivity contribution in [2.45, 2.75) is 6.04 Å². The maximum atomic E-state index is 12.6. The molecule has 1 fully saturated rings. The molecule has 4 aromatic rings. The summed E-state index contributed by atoms with van der Waals surface area (Å²) in [6.07, 6.45) is 1.93. The second-order valence-electron chi connectivity index (χ2n) is 6.46. The van der Waals surface area contributed by atoms with E-state index in [9.17, 15) is 4.79 Å². The van der Waals surface area contributed by atoms with Crippen molar-refractivity contribution in [2.75, 3.05) is 13.1 Å². The Hall–Kier alpha value is -3.41. The first-order chi connectivity index (χ1) is 12.8. The zero-order chi connectivity index (χ0) is 17.5. The molecule has 128 valence electrons. The number of hydrogen-bond donors (Lipinski definition) is 0. The molecular formula is C20H16N4O2. The van der Waals surface area contributed by atoms with Crippen LogP contribution in [0.25, 0.3) is 22.2 Å². The maximum Gasteiger partial charge on any atom is 0.289 e. The largest absolute Gasteiger partial charge is 0.451 e. The number of carbonyl (C=O) groups excluding carboxylic acids is 1. The van der Waals surface area contributed by atoms with Crippen LogP contribution in [0.15, 0.2) is 71.3 Å². The molecule has 1 aliphatic rings. The topological polar surface area (TPSA) is 64.2 Å². The molecule has 0 N–H and O–H groups in total. The fourth-order valence-electron chi connectivity index (χ4n) is 3.23. The van der Waals surface area contributed by atoms with Crippen LogP contribution in [0, 0.1) is 0 Å². The van der Waals surface area contributed by atoms with E-state index in [0.717, 1.165) is 22.2 Å². The van der Waals surface area contributed by atoms with Crippen molar-refractivity contribution in [1.29, 1.82) is 0 Å². The average molecular weight is 344 g/mol. The highest BCUT2D eigenvalue weighted by Crippen LogP contribution is 2.26. The van der Waals surface area contributed by atoms with Gasteiger partial charge in [0.25, 0.3) is 5.91 Å². The van der Waals surface area contributed by atoms with Gasteiger partial charge >= 0.3 is 0 Å². The molecule has 26 heavy (non-hydrogen) atoms. The van der Waals surface area contributed by atoms with Crippen molar-refractivity contribution >= 4 is 16.9 Å². The molecule has 2 aromatic heterocycles. The zero-order valence-electron chi connectivity index (χ0n) is 13.9. The molecule has 0 unspecified atom stereocenters. The van der Waals surface area contributed by atoms with Crippen molar-refractivity contribution in [1.82, 2.24) is 19.9 Å². The molecule has 0 radical (unpaired) electrons. The number of furan rings is 1. The van der Waals surface area contributed by atoms with Crippen LogP contribution in [0.5, 0.6) is 0 Å². The van der Waals surface area contributed by atoms with Crippen LogP contribution in [0.1, 0.15) is 16.6 Å². The van der Waals surface area contributed by atoms with E-state index in [1.54, 1.807) is 11.0 Å². The van der Waals surface area contributed by atoms with Crippen molar-refractivity contribution in [3.63, 3.8) is 0 Å². The lowest BCUT2D eigenvalue weighted by molar-refractivity contribution is 0.0469. The van der Waals surface area contributed by atoms with Crippen molar-refractivity contribution in [2.24, 2.45) is 0 Å². The van der Waals surface area contributed by atoms with Gasteiger partial charge in [-0.1, -0.05) is 53.7 Å². The predicted octanol–water partition coefficient (Wildman–Crippen LogP) is 3.39. The highest BCUT2D eigenvalue weighted by molar-refractivity contribution is 5.96. The summed E-state index contributed by atoms with van der Waals surface area (Å²) in [4.78, 5) is 14.4. The third-order valence-corrected chi connectivity index (χ3v) is 4.74. The fraction of sp³-hybridized carbons (Fsp3) is 0.150. The average Bonchev–Trinajstić information content (AvgIpc) is 3.28. The number of amides is 1. The molecule has 5 rings (SSSR count). The molecule has 0 atom stereocenters. The first kappa shape index (κ1) is 14.9. The highest BCUT2D eigenvalue weighted by Gasteiger charge is 2.34. The monoisotopic (exact) mass is 344 g/mol. The van der Waals surface area contributed by atoms with Gasteiger partial charge in [-0.3, -0.25) is 4.79 Å². The number of hydrogen-bond acceptors (Lipinski definition) is 4. The van der Waals surface area contributed by atoms with Gasteiger partial charge in [-0.15, -0.1) is 5.10 Å². The Morgan fingerprint density at radius 2 is 1.81 bits per heavy atom. The Balaban J connectivity index is 1.28. The van der Waals surface area contributed by atoms with E-state index in [-0.39, 0.29) is 11.9 Å². The van der Waals surface area contributed by atoms with E-state index in [1.807, 2.05) is 65.5 Å². The second-order valence-corrected chi connectivity index (χ2v) is 6.46.